The van der Waals surface area contributed by atoms with E-state index in [1.54, 1.807) is 19.2 Å². The average Bonchev–Trinajstić information content (AvgIpc) is 3.45. The van der Waals surface area contributed by atoms with E-state index < -0.39 is 5.91 Å². The number of pyridine rings is 1. The minimum atomic E-state index is -0.461. The van der Waals surface area contributed by atoms with Gasteiger partial charge < -0.3 is 35.6 Å². The number of nitrogens with one attached hydrogen (secondary N) is 1. The summed E-state index contributed by atoms with van der Waals surface area (Å²) < 4.78 is 10.2. The number of rotatable bonds is 8. The van der Waals surface area contributed by atoms with Gasteiger partial charge in [-0.15, -0.1) is 0 Å². The molecule has 2 amide bonds. The molecule has 230 valence electrons. The van der Waals surface area contributed by atoms with E-state index in [-0.39, 0.29) is 18.0 Å². The Morgan fingerprint density at radius 1 is 1.00 bits per heavy atom. The number of imidazole rings is 1. The third-order valence-corrected chi connectivity index (χ3v) is 9.87. The van der Waals surface area contributed by atoms with Gasteiger partial charge in [0.05, 0.1) is 18.3 Å². The lowest BCUT2D eigenvalue weighted by Gasteiger charge is -2.27. The second-order valence-electron chi connectivity index (χ2n) is 12.7. The lowest BCUT2D eigenvalue weighted by Crippen LogP contribution is -2.41. The van der Waals surface area contributed by atoms with Crippen LogP contribution in [-0.2, 0) is 13.6 Å². The number of hydrogen-bond acceptors (Lipinski definition) is 7. The van der Waals surface area contributed by atoms with Crippen LogP contribution in [0.5, 0.6) is 5.75 Å². The zero-order valence-corrected chi connectivity index (χ0v) is 25.4. The highest BCUT2D eigenvalue weighted by molar-refractivity contribution is 6.00. The molecule has 2 saturated carbocycles. The maximum Gasteiger partial charge on any atom is 0.254 e. The van der Waals surface area contributed by atoms with Crippen LogP contribution in [0.1, 0.15) is 46.4 Å². The number of benzene rings is 2. The molecule has 4 heterocycles. The predicted octanol–water partition coefficient (Wildman–Crippen LogP) is 4.41. The summed E-state index contributed by atoms with van der Waals surface area (Å²) in [5.74, 6) is 2.59. The number of methoxy groups -OCH3 is 1. The van der Waals surface area contributed by atoms with Gasteiger partial charge in [0.1, 0.15) is 22.7 Å². The number of carbonyl (C=O) groups is 2. The summed E-state index contributed by atoms with van der Waals surface area (Å²) >= 11 is 0. The van der Waals surface area contributed by atoms with Crippen molar-refractivity contribution in [2.45, 2.75) is 44.3 Å². The SMILES string of the molecule is COc1cc(C(=O)N2CC3CCC2C3N)cc2nc(-c3cc4ccc(Nc5ccc(C(N)=O)cc5)nc4n3CC3CC3)n(C)c12. The Balaban J connectivity index is 1.18. The number of aromatic nitrogens is 4. The number of likely N-dealkylation sites (tertiary alicyclic amines) is 1. The minimum absolute atomic E-state index is 0.0126. The summed E-state index contributed by atoms with van der Waals surface area (Å²) in [6.07, 6.45) is 4.43. The fraction of sp³-hybridized carbons (Fsp3) is 0.353. The van der Waals surface area contributed by atoms with Crippen LogP contribution in [0.3, 0.4) is 0 Å². The largest absolute Gasteiger partial charge is 0.494 e. The van der Waals surface area contributed by atoms with Crippen molar-refractivity contribution < 1.29 is 14.3 Å². The topological polar surface area (TPSA) is 146 Å². The van der Waals surface area contributed by atoms with Crippen LogP contribution in [0.25, 0.3) is 33.6 Å². The normalized spacial score (nSPS) is 20.8. The third kappa shape index (κ3) is 4.61. The summed E-state index contributed by atoms with van der Waals surface area (Å²) in [5, 5.41) is 4.36. The molecule has 3 aromatic heterocycles. The molecule has 2 bridgehead atoms. The second kappa shape index (κ2) is 10.3. The molecule has 1 aliphatic heterocycles. The second-order valence-corrected chi connectivity index (χ2v) is 12.7. The smallest absolute Gasteiger partial charge is 0.254 e. The Morgan fingerprint density at radius 2 is 1.80 bits per heavy atom. The first kappa shape index (κ1) is 27.6. The zero-order valence-electron chi connectivity index (χ0n) is 25.4. The maximum atomic E-state index is 13.7. The van der Waals surface area contributed by atoms with Crippen molar-refractivity contribution in [3.05, 3.63) is 65.7 Å². The van der Waals surface area contributed by atoms with Crippen molar-refractivity contribution in [3.63, 3.8) is 0 Å². The van der Waals surface area contributed by atoms with E-state index in [0.717, 1.165) is 53.1 Å². The molecule has 3 unspecified atom stereocenters. The lowest BCUT2D eigenvalue weighted by atomic mass is 10.1. The van der Waals surface area contributed by atoms with E-state index in [2.05, 4.69) is 22.0 Å². The molecule has 8 rings (SSSR count). The number of carbonyl (C=O) groups excluding carboxylic acids is 2. The molecule has 0 radical (unpaired) electrons. The van der Waals surface area contributed by atoms with Gasteiger partial charge in [-0.05, 0) is 92.1 Å². The molecule has 11 nitrogen and oxygen atoms in total. The Morgan fingerprint density at radius 3 is 2.47 bits per heavy atom. The van der Waals surface area contributed by atoms with Crippen LogP contribution in [-0.4, -0.2) is 61.6 Å². The van der Waals surface area contributed by atoms with Crippen LogP contribution in [0, 0.1) is 11.8 Å². The van der Waals surface area contributed by atoms with Gasteiger partial charge in [-0.25, -0.2) is 9.97 Å². The van der Waals surface area contributed by atoms with Crippen LogP contribution >= 0.6 is 0 Å². The maximum absolute atomic E-state index is 13.7. The zero-order chi connectivity index (χ0) is 31.0. The van der Waals surface area contributed by atoms with Crippen molar-refractivity contribution in [3.8, 4) is 17.3 Å². The number of hydrogen-bond donors (Lipinski definition) is 3. The van der Waals surface area contributed by atoms with Gasteiger partial charge in [-0.1, -0.05) is 0 Å². The van der Waals surface area contributed by atoms with Crippen LogP contribution in [0.4, 0.5) is 11.5 Å². The lowest BCUT2D eigenvalue weighted by molar-refractivity contribution is 0.0700. The first-order valence-corrected chi connectivity index (χ1v) is 15.6. The van der Waals surface area contributed by atoms with E-state index in [4.69, 9.17) is 26.2 Å². The Hall–Kier alpha value is -4.90. The van der Waals surface area contributed by atoms with Crippen LogP contribution < -0.4 is 21.5 Å². The number of ether oxygens (including phenoxy) is 1. The first-order valence-electron chi connectivity index (χ1n) is 15.6. The average molecular weight is 605 g/mol. The van der Waals surface area contributed by atoms with Gasteiger partial charge in [0.2, 0.25) is 5.91 Å². The summed E-state index contributed by atoms with van der Waals surface area (Å²) in [5.41, 5.74) is 17.0. The fourth-order valence-corrected chi connectivity index (χ4v) is 7.26. The number of nitrogens with two attached hydrogens (primary N) is 2. The third-order valence-electron chi connectivity index (χ3n) is 9.87. The van der Waals surface area contributed by atoms with Gasteiger partial charge in [-0.3, -0.25) is 9.59 Å². The number of anilines is 2. The highest BCUT2D eigenvalue weighted by Crippen LogP contribution is 2.40. The summed E-state index contributed by atoms with van der Waals surface area (Å²) in [4.78, 5) is 37.2. The molecular formula is C34H36N8O3. The van der Waals surface area contributed by atoms with Crippen molar-refractivity contribution in [2.75, 3.05) is 19.0 Å². The summed E-state index contributed by atoms with van der Waals surface area (Å²) in [6.45, 7) is 1.55. The number of primary amides is 1. The van der Waals surface area contributed by atoms with Crippen molar-refractivity contribution in [1.82, 2.24) is 24.0 Å². The molecule has 5 N–H and O–H groups in total. The molecule has 5 aromatic rings. The molecule has 0 spiro atoms. The van der Waals surface area contributed by atoms with E-state index in [1.807, 2.05) is 46.8 Å². The predicted molar refractivity (Wildman–Crippen MR) is 172 cm³/mol. The standard InChI is InChI=1S/C34H36N8O3/c1-40-30-24(13-22(15-27(30)45-2)34(44)42-17-21-7-11-25(42)29(21)35)38-33(40)26-14-20-8-12-28(39-32(20)41(26)16-18-3-4-18)37-23-9-5-19(6-10-23)31(36)43/h5-6,8-10,12-15,18,21,25,29H,3-4,7,11,16-17,35H2,1-2H3,(H2,36,43)(H,37,39). The molecule has 2 aliphatic carbocycles. The van der Waals surface area contributed by atoms with Gasteiger partial charge in [0, 0.05) is 54.4 Å². The Labute approximate surface area is 260 Å². The molecule has 2 aromatic carbocycles. The van der Waals surface area contributed by atoms with E-state index in [0.29, 0.717) is 46.6 Å². The molecule has 11 heteroatoms. The van der Waals surface area contributed by atoms with Gasteiger partial charge >= 0.3 is 0 Å². The summed E-state index contributed by atoms with van der Waals surface area (Å²) in [6, 6.07) is 17.0. The summed E-state index contributed by atoms with van der Waals surface area (Å²) in [7, 11) is 3.62. The highest BCUT2D eigenvalue weighted by atomic mass is 16.5. The van der Waals surface area contributed by atoms with E-state index in [9.17, 15) is 9.59 Å². The number of piperidine rings is 1. The van der Waals surface area contributed by atoms with Gasteiger partial charge in [-0.2, -0.15) is 0 Å². The highest BCUT2D eigenvalue weighted by Gasteiger charge is 2.47. The Kier molecular flexibility index (Phi) is 6.35. The molecule has 3 fully saturated rings. The molecule has 45 heavy (non-hydrogen) atoms. The van der Waals surface area contributed by atoms with Crippen molar-refractivity contribution in [1.29, 1.82) is 0 Å². The minimum Gasteiger partial charge on any atom is -0.494 e. The van der Waals surface area contributed by atoms with Crippen LogP contribution in [0.15, 0.2) is 54.6 Å². The van der Waals surface area contributed by atoms with Crippen LogP contribution in [0.2, 0.25) is 0 Å². The van der Waals surface area contributed by atoms with E-state index in [1.165, 1.54) is 12.8 Å². The molecule has 1 saturated heterocycles. The number of aryl methyl sites for hydroxylation is 1. The number of nitrogens with zero attached hydrogens (tertiary/aromatic N) is 5. The van der Waals surface area contributed by atoms with Crippen molar-refractivity contribution in [2.24, 2.45) is 30.4 Å². The number of fused-ring (bicyclic) bond motifs is 4. The number of amides is 2. The first-order chi connectivity index (χ1) is 21.8. The molecule has 3 atom stereocenters. The van der Waals surface area contributed by atoms with Gasteiger partial charge in [0.15, 0.2) is 5.82 Å². The fourth-order valence-electron chi connectivity index (χ4n) is 7.26. The van der Waals surface area contributed by atoms with Gasteiger partial charge in [0.25, 0.3) is 5.91 Å². The quantitative estimate of drug-likeness (QED) is 0.238. The Bertz CT molecular complexity index is 1990. The van der Waals surface area contributed by atoms with E-state index >= 15 is 0 Å². The van der Waals surface area contributed by atoms with Crippen molar-refractivity contribution >= 4 is 45.4 Å². The molecular weight excluding hydrogens is 568 g/mol. The monoisotopic (exact) mass is 604 g/mol. The molecule has 3 aliphatic rings.